The Morgan fingerprint density at radius 1 is 1.40 bits per heavy atom. The molecule has 1 aromatic heterocycles. The van der Waals surface area contributed by atoms with Gasteiger partial charge < -0.3 is 9.15 Å². The van der Waals surface area contributed by atoms with Crippen molar-refractivity contribution in [2.45, 2.75) is 13.3 Å². The largest absolute Gasteiger partial charge is 0.488 e. The fraction of sp³-hybridized carbons (Fsp3) is 0.250. The summed E-state index contributed by atoms with van der Waals surface area (Å²) in [5.74, 6) is 0.819. The Balaban J connectivity index is 2.53. The fourth-order valence-electron chi connectivity index (χ4n) is 1.44. The number of ether oxygens (including phenoxy) is 1. The molecule has 0 fully saturated rings. The molecule has 0 radical (unpaired) electrons. The summed E-state index contributed by atoms with van der Waals surface area (Å²) < 4.78 is 10.9. The summed E-state index contributed by atoms with van der Waals surface area (Å²) in [6.07, 6.45) is 0.907. The third-order valence-corrected chi connectivity index (χ3v) is 2.10. The van der Waals surface area contributed by atoms with Crippen LogP contribution in [-0.4, -0.2) is 6.61 Å². The molecule has 0 aliphatic carbocycles. The summed E-state index contributed by atoms with van der Waals surface area (Å²) in [4.78, 5) is 0. The number of hydrogen-bond donors (Lipinski definition) is 0. The highest BCUT2D eigenvalue weighted by Crippen LogP contribution is 2.32. The van der Waals surface area contributed by atoms with E-state index in [9.17, 15) is 0 Å². The Hall–Kier alpha value is -1.95. The predicted molar refractivity (Wildman–Crippen MR) is 56.7 cm³/mol. The first-order valence-electron chi connectivity index (χ1n) is 4.91. The molecular formula is C12H11NO2. The van der Waals surface area contributed by atoms with Gasteiger partial charge in [-0.15, -0.1) is 0 Å². The lowest BCUT2D eigenvalue weighted by Gasteiger charge is -2.00. The van der Waals surface area contributed by atoms with E-state index < -0.39 is 0 Å². The zero-order valence-electron chi connectivity index (χ0n) is 8.49. The van der Waals surface area contributed by atoms with Crippen molar-refractivity contribution < 1.29 is 9.15 Å². The maximum Gasteiger partial charge on any atom is 0.246 e. The smallest absolute Gasteiger partial charge is 0.246 e. The maximum atomic E-state index is 8.90. The summed E-state index contributed by atoms with van der Waals surface area (Å²) in [6.45, 7) is 2.62. The van der Waals surface area contributed by atoms with Gasteiger partial charge in [0.05, 0.1) is 12.0 Å². The van der Waals surface area contributed by atoms with E-state index in [2.05, 4.69) is 0 Å². The van der Waals surface area contributed by atoms with Crippen LogP contribution in [0.3, 0.4) is 0 Å². The van der Waals surface area contributed by atoms with Crippen molar-refractivity contribution >= 4 is 11.0 Å². The number of hydrogen-bond acceptors (Lipinski definition) is 3. The summed E-state index contributed by atoms with van der Waals surface area (Å²) >= 11 is 0. The number of rotatable bonds is 3. The maximum absolute atomic E-state index is 8.90. The Morgan fingerprint density at radius 3 is 2.93 bits per heavy atom. The van der Waals surface area contributed by atoms with E-state index in [0.29, 0.717) is 17.9 Å². The van der Waals surface area contributed by atoms with Gasteiger partial charge in [-0.2, -0.15) is 5.26 Å². The minimum Gasteiger partial charge on any atom is -0.488 e. The summed E-state index contributed by atoms with van der Waals surface area (Å²) in [5, 5.41) is 9.76. The van der Waals surface area contributed by atoms with Gasteiger partial charge in [-0.25, -0.2) is 0 Å². The number of nitrogens with zero attached hydrogens (tertiary/aromatic N) is 1. The van der Waals surface area contributed by atoms with E-state index in [1.54, 1.807) is 0 Å². The van der Waals surface area contributed by atoms with Crippen LogP contribution in [0.5, 0.6) is 5.75 Å². The molecule has 0 saturated heterocycles. The van der Waals surface area contributed by atoms with Crippen LogP contribution in [0.2, 0.25) is 0 Å². The van der Waals surface area contributed by atoms with E-state index in [1.807, 2.05) is 37.3 Å². The van der Waals surface area contributed by atoms with Crippen molar-refractivity contribution in [1.29, 1.82) is 5.26 Å². The molecule has 0 saturated carbocycles. The Kier molecular flexibility index (Phi) is 2.59. The highest BCUT2D eigenvalue weighted by Gasteiger charge is 2.14. The minimum atomic E-state index is 0.254. The molecular weight excluding hydrogens is 190 g/mol. The average molecular weight is 201 g/mol. The van der Waals surface area contributed by atoms with Gasteiger partial charge in [0.25, 0.3) is 0 Å². The SMILES string of the molecule is CCCOc1c(C#N)oc2ccccc12. The molecule has 1 aromatic carbocycles. The van der Waals surface area contributed by atoms with E-state index in [4.69, 9.17) is 14.4 Å². The van der Waals surface area contributed by atoms with E-state index in [-0.39, 0.29) is 5.76 Å². The summed E-state index contributed by atoms with van der Waals surface area (Å²) in [5.41, 5.74) is 0.695. The first kappa shape index (κ1) is 9.60. The van der Waals surface area contributed by atoms with E-state index in [0.717, 1.165) is 11.8 Å². The summed E-state index contributed by atoms with van der Waals surface area (Å²) in [6, 6.07) is 9.50. The van der Waals surface area contributed by atoms with E-state index >= 15 is 0 Å². The molecule has 3 nitrogen and oxygen atoms in total. The van der Waals surface area contributed by atoms with Crippen LogP contribution < -0.4 is 4.74 Å². The van der Waals surface area contributed by atoms with Gasteiger partial charge in [-0.1, -0.05) is 19.1 Å². The van der Waals surface area contributed by atoms with Gasteiger partial charge in [0.15, 0.2) is 5.75 Å². The minimum absolute atomic E-state index is 0.254. The fourth-order valence-corrected chi connectivity index (χ4v) is 1.44. The molecule has 1 heterocycles. The molecule has 0 bridgehead atoms. The van der Waals surface area contributed by atoms with Crippen LogP contribution in [0.4, 0.5) is 0 Å². The first-order chi connectivity index (χ1) is 7.36. The summed E-state index contributed by atoms with van der Waals surface area (Å²) in [7, 11) is 0. The highest BCUT2D eigenvalue weighted by atomic mass is 16.5. The van der Waals surface area contributed by atoms with Crippen LogP contribution in [0.15, 0.2) is 28.7 Å². The van der Waals surface area contributed by atoms with Gasteiger partial charge in [0.1, 0.15) is 11.7 Å². The molecule has 0 spiro atoms. The van der Waals surface area contributed by atoms with Crippen molar-refractivity contribution in [3.05, 3.63) is 30.0 Å². The number of furan rings is 1. The molecule has 0 aliphatic heterocycles. The molecule has 2 aromatic rings. The Morgan fingerprint density at radius 2 is 2.20 bits per heavy atom. The van der Waals surface area contributed by atoms with Crippen molar-refractivity contribution in [2.75, 3.05) is 6.61 Å². The second-order valence-electron chi connectivity index (χ2n) is 3.22. The molecule has 76 valence electrons. The second-order valence-corrected chi connectivity index (χ2v) is 3.22. The van der Waals surface area contributed by atoms with Gasteiger partial charge in [-0.05, 0) is 18.6 Å². The van der Waals surface area contributed by atoms with Crippen LogP contribution in [-0.2, 0) is 0 Å². The molecule has 3 heteroatoms. The number of nitriles is 1. The molecule has 0 aliphatic rings. The lowest BCUT2D eigenvalue weighted by molar-refractivity contribution is 0.314. The molecule has 0 N–H and O–H groups in total. The zero-order chi connectivity index (χ0) is 10.7. The lowest BCUT2D eigenvalue weighted by atomic mass is 10.2. The first-order valence-corrected chi connectivity index (χ1v) is 4.91. The van der Waals surface area contributed by atoms with Crippen LogP contribution in [0.25, 0.3) is 11.0 Å². The van der Waals surface area contributed by atoms with Crippen LogP contribution >= 0.6 is 0 Å². The predicted octanol–water partition coefficient (Wildman–Crippen LogP) is 3.09. The normalized spacial score (nSPS) is 10.1. The standard InChI is InChI=1S/C12H11NO2/c1-2-7-14-12-9-5-3-4-6-10(9)15-11(12)8-13/h3-6H,2,7H2,1H3. The monoisotopic (exact) mass is 201 g/mol. The third-order valence-electron chi connectivity index (χ3n) is 2.10. The van der Waals surface area contributed by atoms with Gasteiger partial charge in [0.2, 0.25) is 5.76 Å². The second kappa shape index (κ2) is 4.05. The van der Waals surface area contributed by atoms with Crippen LogP contribution in [0, 0.1) is 11.3 Å². The average Bonchev–Trinajstić information content (AvgIpc) is 2.64. The lowest BCUT2D eigenvalue weighted by Crippen LogP contribution is -1.95. The van der Waals surface area contributed by atoms with Crippen molar-refractivity contribution in [3.63, 3.8) is 0 Å². The molecule has 0 amide bonds. The Labute approximate surface area is 87.9 Å². The third kappa shape index (κ3) is 1.66. The van der Waals surface area contributed by atoms with Crippen LogP contribution in [0.1, 0.15) is 19.1 Å². The van der Waals surface area contributed by atoms with Gasteiger partial charge in [0, 0.05) is 0 Å². The topological polar surface area (TPSA) is 46.2 Å². The number of fused-ring (bicyclic) bond motifs is 1. The van der Waals surface area contributed by atoms with E-state index in [1.165, 1.54) is 0 Å². The Bertz CT molecular complexity index is 508. The molecule has 15 heavy (non-hydrogen) atoms. The van der Waals surface area contributed by atoms with Crippen molar-refractivity contribution in [1.82, 2.24) is 0 Å². The quantitative estimate of drug-likeness (QED) is 0.766. The zero-order valence-corrected chi connectivity index (χ0v) is 8.49. The highest BCUT2D eigenvalue weighted by molar-refractivity contribution is 5.86. The van der Waals surface area contributed by atoms with Crippen molar-refractivity contribution in [2.24, 2.45) is 0 Å². The van der Waals surface area contributed by atoms with Crippen molar-refractivity contribution in [3.8, 4) is 11.8 Å². The number of benzene rings is 1. The number of para-hydroxylation sites is 1. The molecule has 2 rings (SSSR count). The van der Waals surface area contributed by atoms with Gasteiger partial charge in [-0.3, -0.25) is 0 Å². The molecule has 0 unspecified atom stereocenters. The van der Waals surface area contributed by atoms with Gasteiger partial charge >= 0.3 is 0 Å². The molecule has 0 atom stereocenters.